The molecule has 2 aromatic rings. The smallest absolute Gasteiger partial charge is 0.191 e. The summed E-state index contributed by atoms with van der Waals surface area (Å²) in [6, 6.07) is 18.7. The average Bonchev–Trinajstić information content (AvgIpc) is 2.77. The van der Waals surface area contributed by atoms with E-state index in [4.69, 9.17) is 9.47 Å². The Bertz CT molecular complexity index is 711. The summed E-state index contributed by atoms with van der Waals surface area (Å²) in [4.78, 5) is 4.28. The Morgan fingerprint density at radius 2 is 1.70 bits per heavy atom. The van der Waals surface area contributed by atoms with E-state index in [1.165, 1.54) is 11.1 Å². The second kappa shape index (κ2) is 15.9. The first-order valence-electron chi connectivity index (χ1n) is 10.2. The number of nitrogens with one attached hydrogen (secondary N) is 3. The zero-order chi connectivity index (χ0) is 20.7. The van der Waals surface area contributed by atoms with Gasteiger partial charge in [0.1, 0.15) is 0 Å². The van der Waals surface area contributed by atoms with E-state index in [-0.39, 0.29) is 30.1 Å². The number of guanidine groups is 1. The minimum Gasteiger partial charge on any atom is -0.383 e. The molecule has 0 saturated carbocycles. The van der Waals surface area contributed by atoms with Crippen molar-refractivity contribution >= 4 is 35.6 Å². The summed E-state index contributed by atoms with van der Waals surface area (Å²) in [5.74, 6) is 0.795. The first-order chi connectivity index (χ1) is 14.2. The molecule has 2 aromatic carbocycles. The SMILES string of the molecule is CN=C(NCCCOC(C)c1ccccc1)NCc1ccc(NCCOC)cc1.I. The third kappa shape index (κ3) is 10.3. The molecule has 0 saturated heterocycles. The van der Waals surface area contributed by atoms with Crippen LogP contribution in [0.1, 0.15) is 30.6 Å². The first kappa shape index (κ1) is 26.2. The van der Waals surface area contributed by atoms with Gasteiger partial charge in [-0.15, -0.1) is 24.0 Å². The monoisotopic (exact) mass is 526 g/mol. The summed E-state index contributed by atoms with van der Waals surface area (Å²) < 4.78 is 10.9. The van der Waals surface area contributed by atoms with Crippen molar-refractivity contribution in [1.29, 1.82) is 0 Å². The molecule has 0 bridgehead atoms. The summed E-state index contributed by atoms with van der Waals surface area (Å²) in [5, 5.41) is 9.99. The fourth-order valence-corrected chi connectivity index (χ4v) is 2.80. The van der Waals surface area contributed by atoms with Crippen molar-refractivity contribution in [2.75, 3.05) is 45.8 Å². The van der Waals surface area contributed by atoms with Gasteiger partial charge in [-0.1, -0.05) is 42.5 Å². The van der Waals surface area contributed by atoms with Crippen molar-refractivity contribution in [3.05, 3.63) is 65.7 Å². The highest BCUT2D eigenvalue weighted by Crippen LogP contribution is 2.15. The van der Waals surface area contributed by atoms with Crippen molar-refractivity contribution in [2.45, 2.75) is 26.0 Å². The van der Waals surface area contributed by atoms with Gasteiger partial charge in [0.25, 0.3) is 0 Å². The molecule has 0 aliphatic rings. The number of halogens is 1. The van der Waals surface area contributed by atoms with Gasteiger partial charge in [-0.05, 0) is 36.6 Å². The van der Waals surface area contributed by atoms with E-state index >= 15 is 0 Å². The number of hydrogen-bond acceptors (Lipinski definition) is 4. The van der Waals surface area contributed by atoms with Gasteiger partial charge < -0.3 is 25.4 Å². The van der Waals surface area contributed by atoms with Crippen LogP contribution in [0.25, 0.3) is 0 Å². The number of ether oxygens (including phenoxy) is 2. The zero-order valence-electron chi connectivity index (χ0n) is 18.2. The number of benzene rings is 2. The van der Waals surface area contributed by atoms with Gasteiger partial charge >= 0.3 is 0 Å². The zero-order valence-corrected chi connectivity index (χ0v) is 20.5. The van der Waals surface area contributed by atoms with Crippen LogP contribution in [0.2, 0.25) is 0 Å². The second-order valence-corrected chi connectivity index (χ2v) is 6.75. The molecule has 0 radical (unpaired) electrons. The second-order valence-electron chi connectivity index (χ2n) is 6.75. The van der Waals surface area contributed by atoms with Crippen LogP contribution in [0.4, 0.5) is 5.69 Å². The number of rotatable bonds is 12. The lowest BCUT2D eigenvalue weighted by molar-refractivity contribution is 0.0646. The van der Waals surface area contributed by atoms with Crippen LogP contribution in [0, 0.1) is 0 Å². The van der Waals surface area contributed by atoms with Crippen LogP contribution in [0.5, 0.6) is 0 Å². The predicted octanol–water partition coefficient (Wildman–Crippen LogP) is 4.20. The lowest BCUT2D eigenvalue weighted by Crippen LogP contribution is -2.37. The summed E-state index contributed by atoms with van der Waals surface area (Å²) >= 11 is 0. The van der Waals surface area contributed by atoms with Crippen molar-refractivity contribution in [3.8, 4) is 0 Å². The number of aliphatic imine (C=N–C) groups is 1. The van der Waals surface area contributed by atoms with E-state index in [0.717, 1.165) is 37.7 Å². The standard InChI is InChI=1S/C23H34N4O2.HI/c1-19(21-8-5-4-6-9-21)29-16-7-14-26-23(24-2)27-18-20-10-12-22(13-11-20)25-15-17-28-3;/h4-6,8-13,19,25H,7,14-18H2,1-3H3,(H2,24,26,27);1H. The predicted molar refractivity (Wildman–Crippen MR) is 136 cm³/mol. The Morgan fingerprint density at radius 3 is 2.37 bits per heavy atom. The van der Waals surface area contributed by atoms with E-state index in [9.17, 15) is 0 Å². The molecule has 0 heterocycles. The molecule has 1 atom stereocenters. The maximum atomic E-state index is 5.91. The fourth-order valence-electron chi connectivity index (χ4n) is 2.80. The fraction of sp³-hybridized carbons (Fsp3) is 0.435. The van der Waals surface area contributed by atoms with Crippen LogP contribution in [0.3, 0.4) is 0 Å². The van der Waals surface area contributed by atoms with Crippen LogP contribution >= 0.6 is 24.0 Å². The van der Waals surface area contributed by atoms with E-state index in [2.05, 4.69) is 64.3 Å². The van der Waals surface area contributed by atoms with Crippen LogP contribution in [-0.2, 0) is 16.0 Å². The molecule has 3 N–H and O–H groups in total. The first-order valence-corrected chi connectivity index (χ1v) is 10.2. The highest BCUT2D eigenvalue weighted by atomic mass is 127. The average molecular weight is 526 g/mol. The van der Waals surface area contributed by atoms with Gasteiger partial charge in [-0.3, -0.25) is 4.99 Å². The molecule has 0 fully saturated rings. The summed E-state index contributed by atoms with van der Waals surface area (Å²) in [7, 11) is 3.49. The Kier molecular flexibility index (Phi) is 13.9. The minimum atomic E-state index is 0. The quantitative estimate of drug-likeness (QED) is 0.168. The highest BCUT2D eigenvalue weighted by molar-refractivity contribution is 14.0. The van der Waals surface area contributed by atoms with Gasteiger partial charge in [-0.25, -0.2) is 0 Å². The lowest BCUT2D eigenvalue weighted by Gasteiger charge is -2.15. The molecule has 0 spiro atoms. The summed E-state index contributed by atoms with van der Waals surface area (Å²) in [6.45, 7) is 5.82. The Morgan fingerprint density at radius 1 is 0.967 bits per heavy atom. The molecule has 1 unspecified atom stereocenters. The van der Waals surface area contributed by atoms with Crippen LogP contribution in [-0.4, -0.2) is 46.4 Å². The molecule has 2 rings (SSSR count). The Balaban J connectivity index is 0.00000450. The van der Waals surface area contributed by atoms with Crippen molar-refractivity contribution in [2.24, 2.45) is 4.99 Å². The van der Waals surface area contributed by atoms with Gasteiger partial charge in [0.15, 0.2) is 5.96 Å². The van der Waals surface area contributed by atoms with E-state index < -0.39 is 0 Å². The third-order valence-corrected chi connectivity index (χ3v) is 4.52. The number of anilines is 1. The molecule has 0 amide bonds. The molecule has 6 nitrogen and oxygen atoms in total. The van der Waals surface area contributed by atoms with Crippen molar-refractivity contribution in [3.63, 3.8) is 0 Å². The molecule has 7 heteroatoms. The third-order valence-electron chi connectivity index (χ3n) is 4.52. The normalized spacial score (nSPS) is 12.0. The molecular formula is C23H35IN4O2. The Hall–Kier alpha value is -1.84. The number of methoxy groups -OCH3 is 1. The molecule has 0 aliphatic carbocycles. The van der Waals surface area contributed by atoms with Crippen molar-refractivity contribution in [1.82, 2.24) is 10.6 Å². The van der Waals surface area contributed by atoms with Crippen LogP contribution in [0.15, 0.2) is 59.6 Å². The maximum absolute atomic E-state index is 5.91. The molecule has 166 valence electrons. The molecular weight excluding hydrogens is 491 g/mol. The highest BCUT2D eigenvalue weighted by Gasteiger charge is 2.04. The van der Waals surface area contributed by atoms with Gasteiger partial charge in [0.05, 0.1) is 12.7 Å². The molecule has 30 heavy (non-hydrogen) atoms. The minimum absolute atomic E-state index is 0. The van der Waals surface area contributed by atoms with Crippen molar-refractivity contribution < 1.29 is 9.47 Å². The number of hydrogen-bond donors (Lipinski definition) is 3. The maximum Gasteiger partial charge on any atom is 0.191 e. The van der Waals surface area contributed by atoms with E-state index in [1.807, 2.05) is 18.2 Å². The largest absolute Gasteiger partial charge is 0.383 e. The van der Waals surface area contributed by atoms with Gasteiger partial charge in [0, 0.05) is 46.1 Å². The topological polar surface area (TPSA) is 66.9 Å². The van der Waals surface area contributed by atoms with Crippen LogP contribution < -0.4 is 16.0 Å². The summed E-state index contributed by atoms with van der Waals surface area (Å²) in [5.41, 5.74) is 3.50. The molecule has 0 aliphatic heterocycles. The van der Waals surface area contributed by atoms with Gasteiger partial charge in [0.2, 0.25) is 0 Å². The number of nitrogens with zero attached hydrogens (tertiary/aromatic N) is 1. The lowest BCUT2D eigenvalue weighted by atomic mass is 10.1. The van der Waals surface area contributed by atoms with Gasteiger partial charge in [-0.2, -0.15) is 0 Å². The molecule has 0 aromatic heterocycles. The summed E-state index contributed by atoms with van der Waals surface area (Å²) in [6.07, 6.45) is 1.03. The van der Waals surface area contributed by atoms with E-state index in [0.29, 0.717) is 13.2 Å². The van der Waals surface area contributed by atoms with E-state index in [1.54, 1.807) is 14.2 Å². The Labute approximate surface area is 197 Å².